The molecule has 1 unspecified atom stereocenters. The number of aliphatic hydroxyl groups excluding tert-OH is 1. The van der Waals surface area contributed by atoms with Gasteiger partial charge in [-0.15, -0.1) is 0 Å². The van der Waals surface area contributed by atoms with Crippen molar-refractivity contribution < 1.29 is 5.11 Å². The molecule has 0 aliphatic heterocycles. The Hall–Kier alpha value is -1.85. The van der Waals surface area contributed by atoms with Crippen LogP contribution in [0, 0.1) is 0 Å². The molecule has 0 fully saturated rings. The number of hydrogen-bond acceptors (Lipinski definition) is 5. The van der Waals surface area contributed by atoms with Crippen molar-refractivity contribution in [2.45, 2.75) is 6.10 Å². The van der Waals surface area contributed by atoms with Gasteiger partial charge in [0, 0.05) is 12.2 Å². The number of anilines is 2. The number of halogens is 1. The first-order chi connectivity index (χ1) is 8.65. The zero-order valence-corrected chi connectivity index (χ0v) is 10.3. The third-order valence-corrected chi connectivity index (χ3v) is 2.59. The minimum Gasteiger partial charge on any atom is -0.399 e. The molecule has 0 spiro atoms. The molecule has 0 saturated carbocycles. The van der Waals surface area contributed by atoms with E-state index in [4.69, 9.17) is 17.3 Å². The highest BCUT2D eigenvalue weighted by Crippen LogP contribution is 2.15. The number of nitrogens with zero attached hydrogens (tertiary/aromatic N) is 2. The number of aliphatic hydroxyl groups is 1. The lowest BCUT2D eigenvalue weighted by atomic mass is 10.1. The first-order valence-electron chi connectivity index (χ1n) is 5.40. The van der Waals surface area contributed by atoms with E-state index in [1.165, 1.54) is 12.4 Å². The lowest BCUT2D eigenvalue weighted by Crippen LogP contribution is -2.13. The van der Waals surface area contributed by atoms with Crippen LogP contribution in [0.15, 0.2) is 36.7 Å². The predicted molar refractivity (Wildman–Crippen MR) is 71.3 cm³/mol. The molecular weight excluding hydrogens is 252 g/mol. The molecule has 0 amide bonds. The SMILES string of the molecule is Nc1ccc(C(O)CNc2ncc(Cl)cn2)cc1. The fourth-order valence-electron chi connectivity index (χ4n) is 1.43. The van der Waals surface area contributed by atoms with E-state index in [1.807, 2.05) is 0 Å². The molecule has 0 aliphatic rings. The van der Waals surface area contributed by atoms with E-state index >= 15 is 0 Å². The van der Waals surface area contributed by atoms with Crippen LogP contribution in [-0.2, 0) is 0 Å². The smallest absolute Gasteiger partial charge is 0.222 e. The number of benzene rings is 1. The second-order valence-corrected chi connectivity index (χ2v) is 4.22. The summed E-state index contributed by atoms with van der Waals surface area (Å²) in [6, 6.07) is 7.06. The number of rotatable bonds is 4. The summed E-state index contributed by atoms with van der Waals surface area (Å²) in [5.41, 5.74) is 7.03. The fourth-order valence-corrected chi connectivity index (χ4v) is 1.53. The van der Waals surface area contributed by atoms with Gasteiger partial charge in [-0.1, -0.05) is 23.7 Å². The maximum Gasteiger partial charge on any atom is 0.222 e. The maximum absolute atomic E-state index is 9.94. The third kappa shape index (κ3) is 3.32. The molecule has 2 rings (SSSR count). The van der Waals surface area contributed by atoms with Crippen molar-refractivity contribution in [2.75, 3.05) is 17.6 Å². The second-order valence-electron chi connectivity index (χ2n) is 3.79. The van der Waals surface area contributed by atoms with Gasteiger partial charge in [0.15, 0.2) is 0 Å². The number of aromatic nitrogens is 2. The standard InChI is InChI=1S/C12H13ClN4O/c13-9-5-15-12(16-6-9)17-7-11(18)8-1-3-10(14)4-2-8/h1-6,11,18H,7,14H2,(H,15,16,17). The molecule has 4 N–H and O–H groups in total. The van der Waals surface area contributed by atoms with Crippen LogP contribution in [0.25, 0.3) is 0 Å². The molecule has 6 heteroatoms. The third-order valence-electron chi connectivity index (χ3n) is 2.40. The van der Waals surface area contributed by atoms with E-state index < -0.39 is 6.10 Å². The molecule has 0 radical (unpaired) electrons. The van der Waals surface area contributed by atoms with Crippen molar-refractivity contribution >= 4 is 23.2 Å². The van der Waals surface area contributed by atoms with Gasteiger partial charge in [-0.25, -0.2) is 9.97 Å². The zero-order valence-electron chi connectivity index (χ0n) is 9.55. The Morgan fingerprint density at radius 2 is 1.83 bits per heavy atom. The second kappa shape index (κ2) is 5.66. The number of nitrogen functional groups attached to an aromatic ring is 1. The van der Waals surface area contributed by atoms with Crippen LogP contribution in [0.5, 0.6) is 0 Å². The Balaban J connectivity index is 1.93. The van der Waals surface area contributed by atoms with Crippen LogP contribution >= 0.6 is 11.6 Å². The van der Waals surface area contributed by atoms with Crippen molar-refractivity contribution in [1.82, 2.24) is 9.97 Å². The average molecular weight is 265 g/mol. The Bertz CT molecular complexity index is 500. The van der Waals surface area contributed by atoms with E-state index in [-0.39, 0.29) is 0 Å². The van der Waals surface area contributed by atoms with Crippen LogP contribution in [0.2, 0.25) is 5.02 Å². The van der Waals surface area contributed by atoms with Crippen molar-refractivity contribution in [3.05, 3.63) is 47.2 Å². The molecule has 0 saturated heterocycles. The maximum atomic E-state index is 9.94. The van der Waals surface area contributed by atoms with E-state index in [0.29, 0.717) is 23.2 Å². The van der Waals surface area contributed by atoms with Crippen molar-refractivity contribution in [3.8, 4) is 0 Å². The average Bonchev–Trinajstić information content (AvgIpc) is 2.38. The summed E-state index contributed by atoms with van der Waals surface area (Å²) in [7, 11) is 0. The van der Waals surface area contributed by atoms with Gasteiger partial charge in [0.05, 0.1) is 23.5 Å². The number of hydrogen-bond donors (Lipinski definition) is 3. The molecule has 2 aromatic rings. The summed E-state index contributed by atoms with van der Waals surface area (Å²) in [5.74, 6) is 0.425. The first-order valence-corrected chi connectivity index (χ1v) is 5.78. The molecule has 1 aromatic heterocycles. The molecule has 0 aliphatic carbocycles. The Kier molecular flexibility index (Phi) is 3.96. The summed E-state index contributed by atoms with van der Waals surface area (Å²) >= 11 is 5.67. The highest BCUT2D eigenvalue weighted by Gasteiger charge is 2.07. The Labute approximate surface area is 110 Å². The van der Waals surface area contributed by atoms with Crippen LogP contribution in [0.4, 0.5) is 11.6 Å². The van der Waals surface area contributed by atoms with Crippen molar-refractivity contribution in [1.29, 1.82) is 0 Å². The molecule has 0 bridgehead atoms. The fraction of sp³-hybridized carbons (Fsp3) is 0.167. The monoisotopic (exact) mass is 264 g/mol. The lowest BCUT2D eigenvalue weighted by Gasteiger charge is -2.12. The molecule has 1 aromatic carbocycles. The quantitative estimate of drug-likeness (QED) is 0.734. The molecule has 1 atom stereocenters. The Morgan fingerprint density at radius 3 is 2.44 bits per heavy atom. The Morgan fingerprint density at radius 1 is 1.22 bits per heavy atom. The molecule has 1 heterocycles. The van der Waals surface area contributed by atoms with E-state index in [1.54, 1.807) is 24.3 Å². The summed E-state index contributed by atoms with van der Waals surface area (Å²) in [6.45, 7) is 0.311. The first kappa shape index (κ1) is 12.6. The summed E-state index contributed by atoms with van der Waals surface area (Å²) < 4.78 is 0. The molecule has 18 heavy (non-hydrogen) atoms. The highest BCUT2D eigenvalue weighted by molar-refractivity contribution is 6.30. The molecule has 94 valence electrons. The predicted octanol–water partition coefficient (Wildman–Crippen LogP) is 1.86. The van der Waals surface area contributed by atoms with Crippen LogP contribution in [0.1, 0.15) is 11.7 Å². The van der Waals surface area contributed by atoms with Gasteiger partial charge in [-0.2, -0.15) is 0 Å². The van der Waals surface area contributed by atoms with Crippen LogP contribution in [0.3, 0.4) is 0 Å². The van der Waals surface area contributed by atoms with Gasteiger partial charge in [-0.05, 0) is 17.7 Å². The van der Waals surface area contributed by atoms with Crippen molar-refractivity contribution in [2.24, 2.45) is 0 Å². The van der Waals surface area contributed by atoms with Gasteiger partial charge in [-0.3, -0.25) is 0 Å². The normalized spacial score (nSPS) is 12.1. The van der Waals surface area contributed by atoms with Gasteiger partial charge in [0.25, 0.3) is 0 Å². The van der Waals surface area contributed by atoms with Gasteiger partial charge in [0.1, 0.15) is 0 Å². The summed E-state index contributed by atoms with van der Waals surface area (Å²) in [4.78, 5) is 7.95. The molecule has 5 nitrogen and oxygen atoms in total. The van der Waals surface area contributed by atoms with E-state index in [2.05, 4.69) is 15.3 Å². The van der Waals surface area contributed by atoms with Crippen LogP contribution < -0.4 is 11.1 Å². The lowest BCUT2D eigenvalue weighted by molar-refractivity contribution is 0.191. The van der Waals surface area contributed by atoms with E-state index in [0.717, 1.165) is 5.56 Å². The van der Waals surface area contributed by atoms with Crippen molar-refractivity contribution in [3.63, 3.8) is 0 Å². The zero-order chi connectivity index (χ0) is 13.0. The largest absolute Gasteiger partial charge is 0.399 e. The van der Waals surface area contributed by atoms with Gasteiger partial charge in [0.2, 0.25) is 5.95 Å². The van der Waals surface area contributed by atoms with Gasteiger partial charge < -0.3 is 16.2 Å². The van der Waals surface area contributed by atoms with Gasteiger partial charge >= 0.3 is 0 Å². The highest BCUT2D eigenvalue weighted by atomic mass is 35.5. The minimum atomic E-state index is -0.648. The number of nitrogens with one attached hydrogen (secondary N) is 1. The van der Waals surface area contributed by atoms with Crippen LogP contribution in [-0.4, -0.2) is 21.6 Å². The number of nitrogens with two attached hydrogens (primary N) is 1. The molecular formula is C12H13ClN4O. The summed E-state index contributed by atoms with van der Waals surface area (Å²) in [6.07, 6.45) is 2.34. The topological polar surface area (TPSA) is 84.1 Å². The summed E-state index contributed by atoms with van der Waals surface area (Å²) in [5, 5.41) is 13.3. The minimum absolute atomic E-state index is 0.311. The van der Waals surface area contributed by atoms with E-state index in [9.17, 15) is 5.11 Å².